The number of hydrogen-bond donors (Lipinski definition) is 4. The van der Waals surface area contributed by atoms with E-state index >= 15 is 0 Å². The molecule has 10 nitrogen and oxygen atoms in total. The van der Waals surface area contributed by atoms with Gasteiger partial charge in [-0.3, -0.25) is 19.3 Å². The van der Waals surface area contributed by atoms with Crippen molar-refractivity contribution < 1.29 is 24.0 Å². The highest BCUT2D eigenvalue weighted by atomic mass is 16.2. The minimum Gasteiger partial charge on any atom is -0.388 e. The summed E-state index contributed by atoms with van der Waals surface area (Å²) >= 11 is 0. The number of benzene rings is 2. The standard InChI is InChI=1S/C11H17N.C9H10O.C8H14N2O3.C6H12N2O/c1-9(2)8-10-4-6-11(12-3)7-5-10;10-8-4-7-9-5-2-1-3-6-9;1-5(4-11)9-8(13)6(2)10-7(3)12;1-8-4-2-3-5(8)6(7)9/h4-7,9,12H,8H2,1-3H3;1-3,5-6,8H,4,7H2;4-6H,1-3H3,(H,9,13)(H,10,12);5H,2-4H2,1H3,(H2,7,9). The van der Waals surface area contributed by atoms with Crippen molar-refractivity contribution in [2.45, 2.75) is 84.8 Å². The van der Waals surface area contributed by atoms with Crippen LogP contribution in [-0.4, -0.2) is 74.0 Å². The van der Waals surface area contributed by atoms with E-state index in [4.69, 9.17) is 5.73 Å². The maximum Gasteiger partial charge on any atom is 0.242 e. The number of aryl methyl sites for hydroxylation is 1. The Morgan fingerprint density at radius 2 is 1.57 bits per heavy atom. The van der Waals surface area contributed by atoms with E-state index in [1.54, 1.807) is 13.8 Å². The van der Waals surface area contributed by atoms with E-state index in [-0.39, 0.29) is 23.8 Å². The highest BCUT2D eigenvalue weighted by Crippen LogP contribution is 2.13. The molecule has 244 valence electrons. The SMILES string of the molecule is CC(=O)NC(C)C(=O)NC(C)C=O.CN1CCCC1C(N)=O.CNc1ccc(CC(C)C)cc1.O=CCCc1ccccc1. The summed E-state index contributed by atoms with van der Waals surface area (Å²) in [7, 11) is 3.87. The van der Waals surface area contributed by atoms with Gasteiger partial charge in [0.05, 0.1) is 12.1 Å². The van der Waals surface area contributed by atoms with Crippen LogP contribution in [0.5, 0.6) is 0 Å². The number of anilines is 1. The van der Waals surface area contributed by atoms with Crippen molar-refractivity contribution in [1.82, 2.24) is 15.5 Å². The number of nitrogens with zero attached hydrogens (tertiary/aromatic N) is 1. The molecule has 2 aromatic carbocycles. The van der Waals surface area contributed by atoms with Gasteiger partial charge in [-0.15, -0.1) is 0 Å². The summed E-state index contributed by atoms with van der Waals surface area (Å²) in [6, 6.07) is 17.5. The van der Waals surface area contributed by atoms with Crippen LogP contribution >= 0.6 is 0 Å². The molecular formula is C34H53N5O5. The fraction of sp³-hybridized carbons (Fsp3) is 0.500. The third-order valence-electron chi connectivity index (χ3n) is 6.52. The van der Waals surface area contributed by atoms with Gasteiger partial charge in [0.25, 0.3) is 0 Å². The molecule has 5 N–H and O–H groups in total. The lowest BCUT2D eigenvalue weighted by atomic mass is 10.0. The van der Waals surface area contributed by atoms with Crippen LogP contribution in [0.25, 0.3) is 0 Å². The number of nitrogens with two attached hydrogens (primary N) is 1. The average molecular weight is 612 g/mol. The molecule has 3 atom stereocenters. The molecule has 0 spiro atoms. The molecule has 44 heavy (non-hydrogen) atoms. The quantitative estimate of drug-likeness (QED) is 0.284. The van der Waals surface area contributed by atoms with E-state index in [1.165, 1.54) is 30.2 Å². The van der Waals surface area contributed by atoms with Gasteiger partial charge in [-0.25, -0.2) is 0 Å². The first-order valence-electron chi connectivity index (χ1n) is 15.1. The molecule has 3 rings (SSSR count). The number of nitrogens with one attached hydrogen (secondary N) is 3. The zero-order chi connectivity index (χ0) is 33.5. The van der Waals surface area contributed by atoms with E-state index in [1.807, 2.05) is 49.3 Å². The molecule has 3 unspecified atom stereocenters. The van der Waals surface area contributed by atoms with Crippen LogP contribution < -0.4 is 21.7 Å². The number of amides is 3. The third-order valence-corrected chi connectivity index (χ3v) is 6.52. The number of rotatable bonds is 11. The van der Waals surface area contributed by atoms with Gasteiger partial charge in [0, 0.05) is 26.1 Å². The van der Waals surface area contributed by atoms with Gasteiger partial charge in [-0.05, 0) is 82.3 Å². The first kappa shape index (κ1) is 40.0. The van der Waals surface area contributed by atoms with Crippen molar-refractivity contribution in [2.24, 2.45) is 11.7 Å². The summed E-state index contributed by atoms with van der Waals surface area (Å²) in [6.45, 7) is 9.93. The summed E-state index contributed by atoms with van der Waals surface area (Å²) < 4.78 is 0. The summed E-state index contributed by atoms with van der Waals surface area (Å²) in [4.78, 5) is 54.5. The number of likely N-dealkylation sites (tertiary alicyclic amines) is 1. The molecule has 1 saturated heterocycles. The molecule has 3 amide bonds. The zero-order valence-electron chi connectivity index (χ0n) is 27.5. The molecule has 1 fully saturated rings. The summed E-state index contributed by atoms with van der Waals surface area (Å²) in [5, 5.41) is 7.93. The van der Waals surface area contributed by atoms with Gasteiger partial charge in [0.2, 0.25) is 17.7 Å². The zero-order valence-corrected chi connectivity index (χ0v) is 27.5. The van der Waals surface area contributed by atoms with Crippen molar-refractivity contribution in [1.29, 1.82) is 0 Å². The van der Waals surface area contributed by atoms with Crippen LogP contribution in [0.4, 0.5) is 5.69 Å². The van der Waals surface area contributed by atoms with Gasteiger partial charge in [0.1, 0.15) is 18.6 Å². The minimum absolute atomic E-state index is 0.00463. The summed E-state index contributed by atoms with van der Waals surface area (Å²) in [5.74, 6) is -0.0864. The third kappa shape index (κ3) is 19.2. The molecule has 1 heterocycles. The Morgan fingerprint density at radius 1 is 0.955 bits per heavy atom. The Labute approximate surface area is 263 Å². The highest BCUT2D eigenvalue weighted by Gasteiger charge is 2.25. The Morgan fingerprint density at radius 3 is 1.98 bits per heavy atom. The topological polar surface area (TPSA) is 151 Å². The van der Waals surface area contributed by atoms with Crippen LogP contribution in [0.1, 0.15) is 65.0 Å². The highest BCUT2D eigenvalue weighted by molar-refractivity contribution is 5.87. The monoisotopic (exact) mass is 611 g/mol. The fourth-order valence-corrected chi connectivity index (χ4v) is 4.17. The van der Waals surface area contributed by atoms with Crippen molar-refractivity contribution >= 4 is 36.0 Å². The molecular weight excluding hydrogens is 558 g/mol. The van der Waals surface area contributed by atoms with Crippen LogP contribution in [0.3, 0.4) is 0 Å². The number of primary amides is 1. The first-order chi connectivity index (χ1) is 20.8. The van der Waals surface area contributed by atoms with E-state index in [0.29, 0.717) is 12.7 Å². The van der Waals surface area contributed by atoms with Crippen LogP contribution in [-0.2, 0) is 36.8 Å². The van der Waals surface area contributed by atoms with Gasteiger partial charge < -0.3 is 31.3 Å². The van der Waals surface area contributed by atoms with E-state index in [2.05, 4.69) is 54.1 Å². The van der Waals surface area contributed by atoms with Crippen LogP contribution in [0, 0.1) is 5.92 Å². The van der Waals surface area contributed by atoms with E-state index in [0.717, 1.165) is 38.0 Å². The molecule has 1 aliphatic rings. The lowest BCUT2D eigenvalue weighted by molar-refractivity contribution is -0.128. The molecule has 0 aliphatic carbocycles. The van der Waals surface area contributed by atoms with Gasteiger partial charge >= 0.3 is 0 Å². The first-order valence-corrected chi connectivity index (χ1v) is 15.1. The van der Waals surface area contributed by atoms with Gasteiger partial charge in [-0.1, -0.05) is 56.3 Å². The lowest BCUT2D eigenvalue weighted by Crippen LogP contribution is -2.47. The molecule has 1 aliphatic heterocycles. The second kappa shape index (κ2) is 23.4. The van der Waals surface area contributed by atoms with Crippen molar-refractivity contribution in [3.8, 4) is 0 Å². The Balaban J connectivity index is 0.000000565. The Kier molecular flexibility index (Phi) is 21.3. The number of hydrogen-bond acceptors (Lipinski definition) is 7. The lowest BCUT2D eigenvalue weighted by Gasteiger charge is -2.14. The largest absolute Gasteiger partial charge is 0.388 e. The predicted molar refractivity (Wildman–Crippen MR) is 177 cm³/mol. The van der Waals surface area contributed by atoms with Crippen molar-refractivity contribution in [2.75, 3.05) is 26.0 Å². The Bertz CT molecular complexity index is 1110. The average Bonchev–Trinajstić information content (AvgIpc) is 3.43. The second-order valence-corrected chi connectivity index (χ2v) is 11.1. The number of carbonyl (C=O) groups is 5. The molecule has 2 aromatic rings. The second-order valence-electron chi connectivity index (χ2n) is 11.1. The van der Waals surface area contributed by atoms with Crippen molar-refractivity contribution in [3.05, 3.63) is 65.7 Å². The molecule has 0 radical (unpaired) electrons. The normalized spacial score (nSPS) is 15.0. The summed E-state index contributed by atoms with van der Waals surface area (Å²) in [6.07, 6.45) is 6.28. The molecule has 0 aromatic heterocycles. The maximum atomic E-state index is 11.2. The minimum atomic E-state index is -0.611. The van der Waals surface area contributed by atoms with Crippen LogP contribution in [0.15, 0.2) is 54.6 Å². The van der Waals surface area contributed by atoms with Gasteiger partial charge in [0.15, 0.2) is 0 Å². The van der Waals surface area contributed by atoms with E-state index < -0.39 is 12.1 Å². The molecule has 10 heteroatoms. The van der Waals surface area contributed by atoms with Crippen LogP contribution in [0.2, 0.25) is 0 Å². The molecule has 0 saturated carbocycles. The smallest absolute Gasteiger partial charge is 0.242 e. The fourth-order valence-electron chi connectivity index (χ4n) is 4.17. The molecule has 0 bridgehead atoms. The number of aldehydes is 2. The van der Waals surface area contributed by atoms with Gasteiger partial charge in [-0.2, -0.15) is 0 Å². The number of carbonyl (C=O) groups excluding carboxylic acids is 5. The number of likely N-dealkylation sites (N-methyl/N-ethyl adjacent to an activating group) is 1. The van der Waals surface area contributed by atoms with Crippen molar-refractivity contribution in [3.63, 3.8) is 0 Å². The predicted octanol–water partition coefficient (Wildman–Crippen LogP) is 3.53. The Hall–Kier alpha value is -4.05. The maximum absolute atomic E-state index is 11.2. The summed E-state index contributed by atoms with van der Waals surface area (Å²) in [5.41, 5.74) is 8.94. The van der Waals surface area contributed by atoms with E-state index in [9.17, 15) is 24.0 Å².